The molecule has 0 bridgehead atoms. The fourth-order valence-corrected chi connectivity index (χ4v) is 3.28. The van der Waals surface area contributed by atoms with Crippen LogP contribution in [0.25, 0.3) is 10.9 Å². The number of aromatic nitrogens is 1. The Bertz CT molecular complexity index is 1070. The summed E-state index contributed by atoms with van der Waals surface area (Å²) in [4.78, 5) is 17.1. The number of nitrogens with zero attached hydrogens (tertiary/aromatic N) is 1. The summed E-state index contributed by atoms with van der Waals surface area (Å²) in [5.41, 5.74) is 1.53. The molecule has 1 atom stereocenters. The van der Waals surface area contributed by atoms with Crippen LogP contribution < -0.4 is 4.72 Å². The lowest BCUT2D eigenvalue weighted by Crippen LogP contribution is -2.18. The van der Waals surface area contributed by atoms with Crippen LogP contribution >= 0.6 is 0 Å². The smallest absolute Gasteiger partial charge is 0.196 e. The third-order valence-corrected chi connectivity index (χ3v) is 4.72. The average Bonchev–Trinajstić information content (AvgIpc) is 2.66. The van der Waals surface area contributed by atoms with Gasteiger partial charge in [-0.25, -0.2) is 13.5 Å². The number of carbonyl (C=O) groups is 1. The first-order chi connectivity index (χ1) is 13.3. The molecular formula is C20H17F2N2O3S-. The summed E-state index contributed by atoms with van der Waals surface area (Å²) >= 11 is -2.41. The van der Waals surface area contributed by atoms with Gasteiger partial charge < -0.3 is 4.55 Å². The molecule has 0 spiro atoms. The number of aryl methyl sites for hydroxylation is 2. The Balaban J connectivity index is 1.90. The van der Waals surface area contributed by atoms with Crippen molar-refractivity contribution in [2.24, 2.45) is 0 Å². The highest BCUT2D eigenvalue weighted by Crippen LogP contribution is 2.22. The molecule has 2 aromatic carbocycles. The maximum Gasteiger partial charge on any atom is 0.196 e. The zero-order chi connectivity index (χ0) is 20.3. The van der Waals surface area contributed by atoms with Crippen molar-refractivity contribution in [2.75, 3.05) is 6.54 Å². The molecule has 0 aliphatic heterocycles. The molecule has 146 valence electrons. The predicted molar refractivity (Wildman–Crippen MR) is 102 cm³/mol. The number of benzene rings is 2. The third kappa shape index (κ3) is 4.64. The molecule has 0 saturated carbocycles. The molecule has 28 heavy (non-hydrogen) atoms. The van der Waals surface area contributed by atoms with Crippen LogP contribution in [0.2, 0.25) is 0 Å². The summed E-state index contributed by atoms with van der Waals surface area (Å²) < 4.78 is 51.9. The van der Waals surface area contributed by atoms with Crippen molar-refractivity contribution in [1.29, 1.82) is 0 Å². The Labute approximate surface area is 163 Å². The van der Waals surface area contributed by atoms with E-state index in [4.69, 9.17) is 0 Å². The molecule has 1 aromatic heterocycles. The van der Waals surface area contributed by atoms with Crippen molar-refractivity contribution >= 4 is 28.0 Å². The zero-order valence-corrected chi connectivity index (χ0v) is 15.8. The van der Waals surface area contributed by atoms with Crippen LogP contribution in [0.3, 0.4) is 0 Å². The van der Waals surface area contributed by atoms with Crippen LogP contribution in [0.1, 0.15) is 33.5 Å². The lowest BCUT2D eigenvalue weighted by atomic mass is 9.97. The number of ketones is 1. The summed E-state index contributed by atoms with van der Waals surface area (Å²) in [6, 6.07) is 8.56. The van der Waals surface area contributed by atoms with Crippen LogP contribution in [-0.2, 0) is 17.7 Å². The van der Waals surface area contributed by atoms with Gasteiger partial charge in [0.05, 0.1) is 11.1 Å². The topological polar surface area (TPSA) is 82.1 Å². The molecule has 5 nitrogen and oxygen atoms in total. The lowest BCUT2D eigenvalue weighted by Gasteiger charge is -2.10. The maximum absolute atomic E-state index is 14.8. The van der Waals surface area contributed by atoms with Gasteiger partial charge in [-0.15, -0.1) is 0 Å². The number of carbonyl (C=O) groups excluding carboxylic acids is 1. The molecule has 0 aliphatic rings. The van der Waals surface area contributed by atoms with E-state index in [0.29, 0.717) is 5.52 Å². The van der Waals surface area contributed by atoms with Crippen molar-refractivity contribution in [1.82, 2.24) is 9.71 Å². The summed E-state index contributed by atoms with van der Waals surface area (Å²) in [5.74, 6) is -2.14. The first kappa shape index (κ1) is 20.2. The molecule has 0 radical (unpaired) electrons. The highest BCUT2D eigenvalue weighted by atomic mass is 32.2. The standard InChI is InChI=1S/C20H18F2N2O3S/c1-12-7-15-8-14(4-5-18(15)23-11-12)20(25)17-10-16(21)9-13(19(17)22)3-2-6-24-28(26)27/h4-5,7-11,24H,2-3,6H2,1H3,(H,26,27)/p-1. The summed E-state index contributed by atoms with van der Waals surface area (Å²) in [6.45, 7) is 1.96. The number of fused-ring (bicyclic) bond motifs is 1. The van der Waals surface area contributed by atoms with E-state index in [1.54, 1.807) is 18.3 Å². The Kier molecular flexibility index (Phi) is 6.23. The molecule has 1 N–H and O–H groups in total. The third-order valence-electron chi connectivity index (χ3n) is 4.28. The predicted octanol–water partition coefficient (Wildman–Crippen LogP) is 3.37. The van der Waals surface area contributed by atoms with Gasteiger partial charge in [-0.1, -0.05) is 0 Å². The van der Waals surface area contributed by atoms with E-state index in [1.807, 2.05) is 13.0 Å². The van der Waals surface area contributed by atoms with Crippen molar-refractivity contribution in [3.8, 4) is 0 Å². The molecule has 3 aromatic rings. The number of hydrogen-bond donors (Lipinski definition) is 1. The van der Waals surface area contributed by atoms with Crippen LogP contribution in [0, 0.1) is 18.6 Å². The van der Waals surface area contributed by atoms with E-state index in [1.165, 1.54) is 6.07 Å². The number of hydrogen-bond acceptors (Lipinski definition) is 4. The minimum absolute atomic E-state index is 0.0279. The van der Waals surface area contributed by atoms with Crippen molar-refractivity contribution in [3.05, 3.63) is 76.5 Å². The number of rotatable bonds is 7. The normalized spacial score (nSPS) is 12.3. The number of halogens is 2. The van der Waals surface area contributed by atoms with Crippen molar-refractivity contribution in [3.63, 3.8) is 0 Å². The van der Waals surface area contributed by atoms with Gasteiger partial charge in [-0.2, -0.15) is 0 Å². The summed E-state index contributed by atoms with van der Waals surface area (Å²) in [5, 5.41) is 0.736. The average molecular weight is 403 g/mol. The van der Waals surface area contributed by atoms with Gasteiger partial charge in [0.1, 0.15) is 11.6 Å². The van der Waals surface area contributed by atoms with E-state index in [0.717, 1.165) is 23.1 Å². The first-order valence-corrected chi connectivity index (χ1v) is 9.64. The quantitative estimate of drug-likeness (QED) is 0.373. The molecule has 0 amide bonds. The first-order valence-electron chi connectivity index (χ1n) is 8.57. The van der Waals surface area contributed by atoms with Gasteiger partial charge in [0.25, 0.3) is 0 Å². The van der Waals surface area contributed by atoms with Gasteiger partial charge >= 0.3 is 0 Å². The largest absolute Gasteiger partial charge is 0.760 e. The van der Waals surface area contributed by atoms with Crippen LogP contribution in [0.15, 0.2) is 42.6 Å². The lowest BCUT2D eigenvalue weighted by molar-refractivity contribution is 0.103. The molecule has 3 rings (SSSR count). The Morgan fingerprint density at radius 2 is 2.00 bits per heavy atom. The SMILES string of the molecule is Cc1cnc2ccc(C(=O)c3cc(F)cc(CCCNS(=O)[O-])c3F)cc2c1. The Hall–Kier alpha value is -2.55. The Morgan fingerprint density at radius 1 is 1.21 bits per heavy atom. The van der Waals surface area contributed by atoms with Crippen LogP contribution in [0.4, 0.5) is 8.78 Å². The molecule has 0 aliphatic carbocycles. The molecular weight excluding hydrogens is 386 g/mol. The fraction of sp³-hybridized carbons (Fsp3) is 0.200. The zero-order valence-electron chi connectivity index (χ0n) is 15.0. The minimum Gasteiger partial charge on any atom is -0.760 e. The van der Waals surface area contributed by atoms with E-state index < -0.39 is 28.7 Å². The number of nitrogens with one attached hydrogen (secondary N) is 1. The van der Waals surface area contributed by atoms with Gasteiger partial charge in [0, 0.05) is 35.0 Å². The van der Waals surface area contributed by atoms with Gasteiger partial charge in [-0.3, -0.25) is 14.0 Å². The van der Waals surface area contributed by atoms with Crippen molar-refractivity contribution < 1.29 is 22.3 Å². The van der Waals surface area contributed by atoms with Gasteiger partial charge in [0.15, 0.2) is 5.78 Å². The second-order valence-corrected chi connectivity index (χ2v) is 7.17. The van der Waals surface area contributed by atoms with Crippen LogP contribution in [0.5, 0.6) is 0 Å². The highest BCUT2D eigenvalue weighted by Gasteiger charge is 2.19. The van der Waals surface area contributed by atoms with E-state index in [9.17, 15) is 22.3 Å². The highest BCUT2D eigenvalue weighted by molar-refractivity contribution is 7.77. The summed E-state index contributed by atoms with van der Waals surface area (Å²) in [7, 11) is 0. The summed E-state index contributed by atoms with van der Waals surface area (Å²) in [6.07, 6.45) is 2.07. The molecule has 8 heteroatoms. The van der Waals surface area contributed by atoms with E-state index in [2.05, 4.69) is 9.71 Å². The van der Waals surface area contributed by atoms with Crippen molar-refractivity contribution in [2.45, 2.75) is 19.8 Å². The second-order valence-electron chi connectivity index (χ2n) is 6.41. The van der Waals surface area contributed by atoms with Gasteiger partial charge in [-0.05, 0) is 67.3 Å². The maximum atomic E-state index is 14.8. The van der Waals surface area contributed by atoms with E-state index in [-0.39, 0.29) is 36.1 Å². The van der Waals surface area contributed by atoms with Gasteiger partial charge in [0.2, 0.25) is 0 Å². The minimum atomic E-state index is -2.41. The molecule has 0 saturated heterocycles. The fourth-order valence-electron chi connectivity index (χ4n) is 2.97. The van der Waals surface area contributed by atoms with E-state index >= 15 is 0 Å². The van der Waals surface area contributed by atoms with Crippen LogP contribution in [-0.4, -0.2) is 26.1 Å². The molecule has 0 fully saturated rings. The monoisotopic (exact) mass is 403 g/mol. The Morgan fingerprint density at radius 3 is 2.75 bits per heavy atom. The molecule has 1 unspecified atom stereocenters. The molecule has 1 heterocycles. The second kappa shape index (κ2) is 8.64. The number of pyridine rings is 1.